The van der Waals surface area contributed by atoms with Crippen molar-refractivity contribution in [3.63, 3.8) is 0 Å². The van der Waals surface area contributed by atoms with Gasteiger partial charge in [0.2, 0.25) is 0 Å². The number of para-hydroxylation sites is 2. The Kier molecular flexibility index (Phi) is 5.07. The Morgan fingerprint density at radius 1 is 0.882 bits per heavy atom. The molecule has 6 rings (SSSR count). The summed E-state index contributed by atoms with van der Waals surface area (Å²) >= 11 is 0. The maximum absolute atomic E-state index is 12.6. The SMILES string of the molecule is O=C(NC1CC1)c1cccc(-c2c[nH]c3ncc(-c4ccccc4Oc4ccccc4)cc23)c1. The van der Waals surface area contributed by atoms with Crippen LogP contribution in [0.4, 0.5) is 0 Å². The second-order valence-corrected chi connectivity index (χ2v) is 8.56. The van der Waals surface area contributed by atoms with Gasteiger partial charge in [-0.1, -0.05) is 48.5 Å². The largest absolute Gasteiger partial charge is 0.457 e. The van der Waals surface area contributed by atoms with E-state index >= 15 is 0 Å². The number of benzene rings is 3. The molecule has 166 valence electrons. The van der Waals surface area contributed by atoms with Gasteiger partial charge in [-0.05, 0) is 54.8 Å². The number of pyridine rings is 1. The topological polar surface area (TPSA) is 67.0 Å². The second-order valence-electron chi connectivity index (χ2n) is 8.56. The first-order valence-corrected chi connectivity index (χ1v) is 11.5. The zero-order valence-corrected chi connectivity index (χ0v) is 18.5. The summed E-state index contributed by atoms with van der Waals surface area (Å²) in [6.07, 6.45) is 5.94. The van der Waals surface area contributed by atoms with E-state index in [1.807, 2.05) is 91.3 Å². The highest BCUT2D eigenvalue weighted by Crippen LogP contribution is 2.36. The Hall–Kier alpha value is -4.38. The molecule has 0 spiro atoms. The van der Waals surface area contributed by atoms with Crippen LogP contribution in [0.2, 0.25) is 0 Å². The number of nitrogens with one attached hydrogen (secondary N) is 2. The van der Waals surface area contributed by atoms with Crippen molar-refractivity contribution in [2.24, 2.45) is 0 Å². The highest BCUT2D eigenvalue weighted by atomic mass is 16.5. The molecule has 0 bridgehead atoms. The van der Waals surface area contributed by atoms with Crippen LogP contribution in [0.25, 0.3) is 33.3 Å². The molecule has 0 radical (unpaired) electrons. The fourth-order valence-electron chi connectivity index (χ4n) is 4.12. The summed E-state index contributed by atoms with van der Waals surface area (Å²) in [4.78, 5) is 20.5. The van der Waals surface area contributed by atoms with E-state index in [0.29, 0.717) is 11.6 Å². The molecule has 2 heterocycles. The first-order chi connectivity index (χ1) is 16.7. The van der Waals surface area contributed by atoms with Gasteiger partial charge in [-0.3, -0.25) is 4.79 Å². The van der Waals surface area contributed by atoms with Crippen molar-refractivity contribution in [1.29, 1.82) is 0 Å². The van der Waals surface area contributed by atoms with Gasteiger partial charge in [0.15, 0.2) is 0 Å². The van der Waals surface area contributed by atoms with Crippen LogP contribution in [0.1, 0.15) is 23.2 Å². The molecule has 0 atom stereocenters. The standard InChI is InChI=1S/C29H23N3O2/c33-29(32-22-13-14-22)20-8-6-7-19(15-20)26-18-31-28-25(26)16-21(17-30-28)24-11-4-5-12-27(24)34-23-9-2-1-3-10-23/h1-12,15-18,22H,13-14H2,(H,30,31)(H,32,33). The average Bonchev–Trinajstić information content (AvgIpc) is 3.60. The van der Waals surface area contributed by atoms with E-state index in [1.165, 1.54) is 0 Å². The minimum absolute atomic E-state index is 0.0185. The summed E-state index contributed by atoms with van der Waals surface area (Å²) < 4.78 is 6.17. The number of H-pyrrole nitrogens is 1. The fraction of sp³-hybridized carbons (Fsp3) is 0.103. The number of aromatic amines is 1. The van der Waals surface area contributed by atoms with Crippen LogP contribution in [0.3, 0.4) is 0 Å². The number of fused-ring (bicyclic) bond motifs is 1. The molecule has 5 aromatic rings. The summed E-state index contributed by atoms with van der Waals surface area (Å²) in [5.41, 5.74) is 5.37. The Balaban J connectivity index is 1.38. The first-order valence-electron chi connectivity index (χ1n) is 11.5. The summed E-state index contributed by atoms with van der Waals surface area (Å²) in [6.45, 7) is 0. The monoisotopic (exact) mass is 445 g/mol. The molecule has 1 amide bonds. The van der Waals surface area contributed by atoms with Gasteiger partial charge >= 0.3 is 0 Å². The molecule has 34 heavy (non-hydrogen) atoms. The molecular weight excluding hydrogens is 422 g/mol. The van der Waals surface area contributed by atoms with Crippen LogP contribution in [-0.2, 0) is 0 Å². The average molecular weight is 446 g/mol. The van der Waals surface area contributed by atoms with Crippen LogP contribution < -0.4 is 10.1 Å². The lowest BCUT2D eigenvalue weighted by atomic mass is 10.0. The molecule has 1 saturated carbocycles. The highest BCUT2D eigenvalue weighted by Gasteiger charge is 2.24. The number of rotatable bonds is 6. The molecular formula is C29H23N3O2. The van der Waals surface area contributed by atoms with E-state index in [-0.39, 0.29) is 5.91 Å². The van der Waals surface area contributed by atoms with Crippen molar-refractivity contribution >= 4 is 16.9 Å². The zero-order chi connectivity index (χ0) is 22.9. The Bertz CT molecular complexity index is 1490. The van der Waals surface area contributed by atoms with Crippen LogP contribution in [0, 0.1) is 0 Å². The smallest absolute Gasteiger partial charge is 0.251 e. The lowest BCUT2D eigenvalue weighted by molar-refractivity contribution is 0.0951. The third-order valence-electron chi connectivity index (χ3n) is 6.05. The van der Waals surface area contributed by atoms with Crippen molar-refractivity contribution in [2.75, 3.05) is 0 Å². The van der Waals surface area contributed by atoms with E-state index in [9.17, 15) is 4.79 Å². The van der Waals surface area contributed by atoms with Gasteiger partial charge in [-0.25, -0.2) is 4.98 Å². The zero-order valence-electron chi connectivity index (χ0n) is 18.5. The van der Waals surface area contributed by atoms with E-state index in [0.717, 1.165) is 57.6 Å². The minimum atomic E-state index is -0.0185. The van der Waals surface area contributed by atoms with Crippen molar-refractivity contribution in [2.45, 2.75) is 18.9 Å². The van der Waals surface area contributed by atoms with Gasteiger partial charge in [-0.15, -0.1) is 0 Å². The van der Waals surface area contributed by atoms with Crippen LogP contribution in [-0.4, -0.2) is 21.9 Å². The molecule has 0 saturated heterocycles. The number of ether oxygens (including phenoxy) is 1. The number of nitrogens with zero attached hydrogens (tertiary/aromatic N) is 1. The van der Waals surface area contributed by atoms with Crippen LogP contribution >= 0.6 is 0 Å². The quantitative estimate of drug-likeness (QED) is 0.310. The second kappa shape index (κ2) is 8.52. The third kappa shape index (κ3) is 4.04. The Labute approximate surface area is 197 Å². The van der Waals surface area contributed by atoms with Crippen LogP contribution in [0.5, 0.6) is 11.5 Å². The molecule has 5 nitrogen and oxygen atoms in total. The van der Waals surface area contributed by atoms with Crippen molar-refractivity contribution < 1.29 is 9.53 Å². The Morgan fingerprint density at radius 2 is 1.71 bits per heavy atom. The Morgan fingerprint density at radius 3 is 2.56 bits per heavy atom. The number of aromatic nitrogens is 2. The summed E-state index contributed by atoms with van der Waals surface area (Å²) in [7, 11) is 0. The van der Waals surface area contributed by atoms with Gasteiger partial charge in [0, 0.05) is 46.1 Å². The van der Waals surface area contributed by atoms with Crippen molar-refractivity contribution in [1.82, 2.24) is 15.3 Å². The number of hydrogen-bond acceptors (Lipinski definition) is 3. The molecule has 5 heteroatoms. The number of amides is 1. The van der Waals surface area contributed by atoms with Gasteiger partial charge < -0.3 is 15.0 Å². The molecule has 1 aliphatic rings. The lowest BCUT2D eigenvalue weighted by Crippen LogP contribution is -2.25. The van der Waals surface area contributed by atoms with E-state index in [2.05, 4.69) is 21.4 Å². The van der Waals surface area contributed by atoms with Gasteiger partial charge in [-0.2, -0.15) is 0 Å². The van der Waals surface area contributed by atoms with E-state index in [1.54, 1.807) is 0 Å². The number of hydrogen-bond donors (Lipinski definition) is 2. The van der Waals surface area contributed by atoms with Gasteiger partial charge in [0.25, 0.3) is 5.91 Å². The predicted molar refractivity (Wildman–Crippen MR) is 134 cm³/mol. The minimum Gasteiger partial charge on any atom is -0.457 e. The molecule has 1 aliphatic carbocycles. The predicted octanol–water partition coefficient (Wildman–Crippen LogP) is 6.58. The summed E-state index contributed by atoms with van der Waals surface area (Å²) in [5, 5.41) is 4.06. The molecule has 2 N–H and O–H groups in total. The van der Waals surface area contributed by atoms with Gasteiger partial charge in [0.1, 0.15) is 17.1 Å². The molecule has 0 aliphatic heterocycles. The first kappa shape index (κ1) is 20.2. The van der Waals surface area contributed by atoms with E-state index < -0.39 is 0 Å². The maximum atomic E-state index is 12.6. The highest BCUT2D eigenvalue weighted by molar-refractivity contribution is 5.99. The fourth-order valence-corrected chi connectivity index (χ4v) is 4.12. The summed E-state index contributed by atoms with van der Waals surface area (Å²) in [6, 6.07) is 27.9. The van der Waals surface area contributed by atoms with Crippen molar-refractivity contribution in [3.8, 4) is 33.8 Å². The number of carbonyl (C=O) groups excluding carboxylic acids is 1. The molecule has 3 aromatic carbocycles. The normalized spacial score (nSPS) is 13.1. The molecule has 2 aromatic heterocycles. The number of carbonyl (C=O) groups is 1. The maximum Gasteiger partial charge on any atom is 0.251 e. The third-order valence-corrected chi connectivity index (χ3v) is 6.05. The summed E-state index contributed by atoms with van der Waals surface area (Å²) in [5.74, 6) is 1.54. The molecule has 0 unspecified atom stereocenters. The van der Waals surface area contributed by atoms with Crippen LogP contribution in [0.15, 0.2) is 97.3 Å². The van der Waals surface area contributed by atoms with E-state index in [4.69, 9.17) is 4.74 Å². The van der Waals surface area contributed by atoms with Crippen molar-refractivity contribution in [3.05, 3.63) is 103 Å². The molecule has 1 fully saturated rings. The lowest BCUT2D eigenvalue weighted by Gasteiger charge is -2.11. The van der Waals surface area contributed by atoms with Gasteiger partial charge in [0.05, 0.1) is 0 Å².